The molecule has 4 aromatic rings. The van der Waals surface area contributed by atoms with Gasteiger partial charge in [-0.15, -0.1) is 0 Å². The van der Waals surface area contributed by atoms with E-state index in [4.69, 9.17) is 22.1 Å². The van der Waals surface area contributed by atoms with Crippen molar-refractivity contribution in [2.75, 3.05) is 13.2 Å². The van der Waals surface area contributed by atoms with Gasteiger partial charge in [-0.25, -0.2) is 14.4 Å². The average Bonchev–Trinajstić information content (AvgIpc) is 3.28. The highest BCUT2D eigenvalue weighted by atomic mass is 35.5. The molecule has 0 aliphatic carbocycles. The fourth-order valence-corrected chi connectivity index (χ4v) is 4.61. The molecule has 9 nitrogen and oxygen atoms in total. The minimum atomic E-state index is -5.36. The van der Waals surface area contributed by atoms with E-state index in [0.717, 1.165) is 24.4 Å². The molecule has 0 saturated carbocycles. The third-order valence-electron chi connectivity index (χ3n) is 6.95. The van der Waals surface area contributed by atoms with Crippen molar-refractivity contribution in [1.29, 1.82) is 0 Å². The number of alkyl halides is 3. The van der Waals surface area contributed by atoms with Gasteiger partial charge in [0.25, 0.3) is 5.91 Å². The van der Waals surface area contributed by atoms with Gasteiger partial charge in [0.15, 0.2) is 5.15 Å². The highest BCUT2D eigenvalue weighted by molar-refractivity contribution is 6.33. The number of amides is 2. The lowest BCUT2D eigenvalue weighted by atomic mass is 9.81. The molecule has 0 radical (unpaired) electrons. The molecule has 1 aliphatic rings. The zero-order chi connectivity index (χ0) is 29.7. The monoisotopic (exact) mass is 589 g/mol. The predicted octanol–water partition coefficient (Wildman–Crippen LogP) is 3.80. The first-order chi connectivity index (χ1) is 19.2. The Bertz CT molecular complexity index is 1700. The number of fused-ring (bicyclic) bond motifs is 2. The molecule has 5 rings (SSSR count). The number of benzene rings is 1. The van der Waals surface area contributed by atoms with Gasteiger partial charge in [0, 0.05) is 28.9 Å². The Balaban J connectivity index is 1.58. The average molecular weight is 590 g/mol. The molecule has 0 bridgehead atoms. The van der Waals surface area contributed by atoms with Crippen LogP contribution in [-0.4, -0.2) is 51.2 Å². The standard InChI is InChI=1S/C27H20ClF4N5O4/c1-25(24(33)39)12-41-21-17(25)9-18(37-19(21)13-2-4-16(29)5-3-13)26(40,27(30,31)32)11-36-23(38)15-8-14-6-7-34-22(28)20(14)35-10-15/h2-10,40H,11-12H2,1H3,(H2,33,39)(H,36,38)/t25-,26?/m0/s1. The number of hydrogen-bond donors (Lipinski definition) is 3. The van der Waals surface area contributed by atoms with Gasteiger partial charge in [0.2, 0.25) is 11.5 Å². The molecular formula is C27H20ClF4N5O4. The van der Waals surface area contributed by atoms with Crippen LogP contribution in [0, 0.1) is 5.82 Å². The number of hydrogen-bond acceptors (Lipinski definition) is 7. The second-order valence-electron chi connectivity index (χ2n) is 9.66. The van der Waals surface area contributed by atoms with Gasteiger partial charge >= 0.3 is 6.18 Å². The van der Waals surface area contributed by atoms with Gasteiger partial charge in [-0.3, -0.25) is 14.6 Å². The molecule has 1 aromatic carbocycles. The van der Waals surface area contributed by atoms with Crippen LogP contribution in [0.5, 0.6) is 5.75 Å². The normalized spacial score (nSPS) is 17.9. The summed E-state index contributed by atoms with van der Waals surface area (Å²) in [6.07, 6.45) is -2.88. The highest BCUT2D eigenvalue weighted by Gasteiger charge is 2.57. The van der Waals surface area contributed by atoms with Crippen molar-refractivity contribution in [2.24, 2.45) is 5.73 Å². The van der Waals surface area contributed by atoms with Gasteiger partial charge in [-0.05, 0) is 49.4 Å². The maximum absolute atomic E-state index is 14.5. The molecule has 0 fully saturated rings. The number of nitrogens with one attached hydrogen (secondary N) is 1. The predicted molar refractivity (Wildman–Crippen MR) is 139 cm³/mol. The van der Waals surface area contributed by atoms with Gasteiger partial charge in [0.05, 0.1) is 17.8 Å². The molecule has 3 aromatic heterocycles. The van der Waals surface area contributed by atoms with Crippen LogP contribution < -0.4 is 15.8 Å². The Morgan fingerprint density at radius 2 is 1.88 bits per heavy atom. The molecule has 14 heteroatoms. The summed E-state index contributed by atoms with van der Waals surface area (Å²) in [5.74, 6) is -2.51. The number of primary amides is 1. The first kappa shape index (κ1) is 28.2. The molecule has 1 unspecified atom stereocenters. The van der Waals surface area contributed by atoms with Crippen molar-refractivity contribution >= 4 is 34.3 Å². The molecule has 1 aliphatic heterocycles. The largest absolute Gasteiger partial charge is 0.489 e. The number of halogens is 5. The third-order valence-corrected chi connectivity index (χ3v) is 7.22. The van der Waals surface area contributed by atoms with Crippen LogP contribution in [0.25, 0.3) is 22.2 Å². The van der Waals surface area contributed by atoms with E-state index in [9.17, 15) is 32.3 Å². The van der Waals surface area contributed by atoms with E-state index >= 15 is 0 Å². The molecule has 2 amide bonds. The van der Waals surface area contributed by atoms with Crippen LogP contribution in [-0.2, 0) is 15.8 Å². The topological polar surface area (TPSA) is 140 Å². The van der Waals surface area contributed by atoms with Crippen molar-refractivity contribution in [1.82, 2.24) is 20.3 Å². The Kier molecular flexibility index (Phi) is 6.82. The number of aliphatic hydroxyl groups is 1. The smallest absolute Gasteiger partial charge is 0.424 e. The van der Waals surface area contributed by atoms with Crippen molar-refractivity contribution < 1.29 is 37.0 Å². The van der Waals surface area contributed by atoms with E-state index in [0.29, 0.717) is 5.39 Å². The second-order valence-corrected chi connectivity index (χ2v) is 10.0. The molecule has 0 saturated heterocycles. The Hall–Kier alpha value is -4.36. The van der Waals surface area contributed by atoms with E-state index in [1.54, 1.807) is 0 Å². The fraction of sp³-hybridized carbons (Fsp3) is 0.222. The zero-order valence-electron chi connectivity index (χ0n) is 21.1. The van der Waals surface area contributed by atoms with E-state index < -0.39 is 47.1 Å². The van der Waals surface area contributed by atoms with Crippen LogP contribution in [0.15, 0.2) is 54.9 Å². The first-order valence-electron chi connectivity index (χ1n) is 12.0. The first-order valence-corrected chi connectivity index (χ1v) is 12.3. The van der Waals surface area contributed by atoms with E-state index in [1.807, 2.05) is 0 Å². The second kappa shape index (κ2) is 9.93. The van der Waals surface area contributed by atoms with Crippen molar-refractivity contribution in [2.45, 2.75) is 24.1 Å². The van der Waals surface area contributed by atoms with E-state index in [1.165, 1.54) is 37.4 Å². The minimum absolute atomic E-state index is 0.0365. The number of ether oxygens (including phenoxy) is 1. The maximum atomic E-state index is 14.5. The fourth-order valence-electron chi connectivity index (χ4n) is 4.40. The van der Waals surface area contributed by atoms with Gasteiger partial charge < -0.3 is 20.9 Å². The summed E-state index contributed by atoms with van der Waals surface area (Å²) in [7, 11) is 0. The summed E-state index contributed by atoms with van der Waals surface area (Å²) >= 11 is 5.98. The molecule has 4 heterocycles. The van der Waals surface area contributed by atoms with Crippen molar-refractivity contribution in [3.05, 3.63) is 82.6 Å². The molecule has 0 spiro atoms. The number of aromatic nitrogens is 3. The van der Waals surface area contributed by atoms with Crippen LogP contribution >= 0.6 is 11.6 Å². The Labute approximate surface area is 234 Å². The van der Waals surface area contributed by atoms with Crippen LogP contribution in [0.1, 0.15) is 28.5 Å². The number of pyridine rings is 3. The van der Waals surface area contributed by atoms with Crippen molar-refractivity contribution in [3.63, 3.8) is 0 Å². The molecule has 2 atom stereocenters. The van der Waals surface area contributed by atoms with E-state index in [-0.39, 0.29) is 45.4 Å². The van der Waals surface area contributed by atoms with Gasteiger partial charge in [-0.2, -0.15) is 13.2 Å². The minimum Gasteiger partial charge on any atom is -0.489 e. The van der Waals surface area contributed by atoms with Gasteiger partial charge in [0.1, 0.15) is 34.8 Å². The van der Waals surface area contributed by atoms with E-state index in [2.05, 4.69) is 20.3 Å². The summed E-state index contributed by atoms with van der Waals surface area (Å²) in [6.45, 7) is -0.276. The quantitative estimate of drug-likeness (QED) is 0.229. The number of carbonyl (C=O) groups is 2. The molecule has 41 heavy (non-hydrogen) atoms. The van der Waals surface area contributed by atoms with Crippen LogP contribution in [0.4, 0.5) is 17.6 Å². The molecular weight excluding hydrogens is 570 g/mol. The summed E-state index contributed by atoms with van der Waals surface area (Å²) in [6, 6.07) is 8.40. The van der Waals surface area contributed by atoms with Crippen LogP contribution in [0.3, 0.4) is 0 Å². The maximum Gasteiger partial charge on any atom is 0.424 e. The zero-order valence-corrected chi connectivity index (χ0v) is 21.8. The number of carbonyl (C=O) groups excluding carboxylic acids is 2. The summed E-state index contributed by atoms with van der Waals surface area (Å²) in [5, 5.41) is 13.7. The number of nitrogens with two attached hydrogens (primary N) is 1. The Morgan fingerprint density at radius 1 is 1.17 bits per heavy atom. The third kappa shape index (κ3) is 4.80. The lowest BCUT2D eigenvalue weighted by Crippen LogP contribution is -2.51. The summed E-state index contributed by atoms with van der Waals surface area (Å²) in [5.41, 5.74) is -0.560. The van der Waals surface area contributed by atoms with Crippen molar-refractivity contribution in [3.8, 4) is 17.0 Å². The highest BCUT2D eigenvalue weighted by Crippen LogP contribution is 2.47. The summed E-state index contributed by atoms with van der Waals surface area (Å²) < 4.78 is 62.8. The van der Waals surface area contributed by atoms with Gasteiger partial charge in [-0.1, -0.05) is 11.6 Å². The number of rotatable bonds is 6. The lowest BCUT2D eigenvalue weighted by molar-refractivity contribution is -0.265. The number of nitrogens with zero attached hydrogens (tertiary/aromatic N) is 3. The Morgan fingerprint density at radius 3 is 2.54 bits per heavy atom. The SMILES string of the molecule is C[C@]1(C(N)=O)COc2c1cc(C(O)(CNC(=O)c1cnc3c(Cl)nccc3c1)C(F)(F)F)nc2-c1ccc(F)cc1. The lowest BCUT2D eigenvalue weighted by Gasteiger charge is -2.31. The summed E-state index contributed by atoms with van der Waals surface area (Å²) in [4.78, 5) is 37.2. The van der Waals surface area contributed by atoms with Crippen LogP contribution in [0.2, 0.25) is 5.15 Å². The molecule has 212 valence electrons. The molecule has 4 N–H and O–H groups in total.